The average molecular weight is 297 g/mol. The van der Waals surface area contributed by atoms with Gasteiger partial charge in [0.05, 0.1) is 0 Å². The van der Waals surface area contributed by atoms with Gasteiger partial charge < -0.3 is 0 Å². The lowest BCUT2D eigenvalue weighted by Crippen LogP contribution is -2.32. The second kappa shape index (κ2) is 3.83. The first-order chi connectivity index (χ1) is 8.84. The highest BCUT2D eigenvalue weighted by Crippen LogP contribution is 2.26. The summed E-state index contributed by atoms with van der Waals surface area (Å²) in [6, 6.07) is 8.81. The second-order valence-electron chi connectivity index (χ2n) is 5.04. The molecule has 88 valence electrons. The summed E-state index contributed by atoms with van der Waals surface area (Å²) in [5, 5.41) is 5.72. The van der Waals surface area contributed by atoms with E-state index >= 15 is 0 Å². The van der Waals surface area contributed by atoms with Crippen molar-refractivity contribution in [1.29, 1.82) is 0 Å². The molecule has 0 aromatic heterocycles. The molecule has 2 aromatic rings. The standard InChI is InChI=1S/C17H13Br/c18-11-9-16-14-7-3-1-5-12(14)13-6-2-4-8-15(13)17(16)10-11/h1,3,5,7-10H,2,4,6H2. The van der Waals surface area contributed by atoms with Gasteiger partial charge in [0.2, 0.25) is 0 Å². The number of halogens is 1. The van der Waals surface area contributed by atoms with Crippen LogP contribution in [0.2, 0.25) is 0 Å². The molecule has 0 spiro atoms. The third-order valence-electron chi connectivity index (χ3n) is 3.99. The smallest absolute Gasteiger partial charge is 0.0188 e. The highest BCUT2D eigenvalue weighted by atomic mass is 79.9. The molecule has 1 heteroatoms. The largest absolute Gasteiger partial charge is 0.0763 e. The fourth-order valence-electron chi connectivity index (χ4n) is 3.24. The molecule has 0 unspecified atom stereocenters. The molecule has 0 bridgehead atoms. The van der Waals surface area contributed by atoms with Gasteiger partial charge in [-0.05, 0) is 63.8 Å². The molecule has 0 fully saturated rings. The lowest BCUT2D eigenvalue weighted by Gasteiger charge is -2.14. The van der Waals surface area contributed by atoms with Crippen LogP contribution in [0.15, 0.2) is 28.7 Å². The maximum atomic E-state index is 3.62. The normalized spacial score (nSPS) is 16.6. The number of fused-ring (bicyclic) bond motifs is 6. The van der Waals surface area contributed by atoms with Crippen LogP contribution in [0.5, 0.6) is 0 Å². The molecule has 0 N–H and O–H groups in total. The van der Waals surface area contributed by atoms with Crippen molar-refractivity contribution in [2.75, 3.05) is 0 Å². The van der Waals surface area contributed by atoms with Gasteiger partial charge in [-0.3, -0.25) is 0 Å². The van der Waals surface area contributed by atoms with Crippen LogP contribution in [0.1, 0.15) is 24.0 Å². The molecule has 0 atom stereocenters. The summed E-state index contributed by atoms with van der Waals surface area (Å²) >= 11 is 3.62. The van der Waals surface area contributed by atoms with Crippen LogP contribution in [0.25, 0.3) is 29.0 Å². The van der Waals surface area contributed by atoms with Crippen LogP contribution >= 0.6 is 15.9 Å². The van der Waals surface area contributed by atoms with Crippen molar-refractivity contribution in [2.24, 2.45) is 0 Å². The number of hydrogen-bond acceptors (Lipinski definition) is 0. The maximum absolute atomic E-state index is 3.62. The van der Waals surface area contributed by atoms with Gasteiger partial charge in [-0.2, -0.15) is 0 Å². The topological polar surface area (TPSA) is 0 Å². The van der Waals surface area contributed by atoms with Crippen molar-refractivity contribution in [1.82, 2.24) is 0 Å². The van der Waals surface area contributed by atoms with Crippen LogP contribution < -0.4 is 10.4 Å². The van der Waals surface area contributed by atoms with Crippen molar-refractivity contribution in [3.8, 4) is 0 Å². The van der Waals surface area contributed by atoms with Crippen LogP contribution in [0.4, 0.5) is 0 Å². The molecule has 4 rings (SSSR count). The Morgan fingerprint density at radius 2 is 1.78 bits per heavy atom. The van der Waals surface area contributed by atoms with Crippen molar-refractivity contribution < 1.29 is 0 Å². The summed E-state index contributed by atoms with van der Waals surface area (Å²) < 4.78 is 1.19. The van der Waals surface area contributed by atoms with E-state index in [0.717, 1.165) is 0 Å². The van der Waals surface area contributed by atoms with Gasteiger partial charge in [0.15, 0.2) is 0 Å². The fraction of sp³-hybridized carbons (Fsp3) is 0.176. The Bertz CT molecular complexity index is 810. The lowest BCUT2D eigenvalue weighted by molar-refractivity contribution is 0.841. The molecule has 18 heavy (non-hydrogen) atoms. The van der Waals surface area contributed by atoms with E-state index in [-0.39, 0.29) is 0 Å². The molecule has 2 aliphatic rings. The third kappa shape index (κ3) is 1.37. The Morgan fingerprint density at radius 1 is 0.944 bits per heavy atom. The van der Waals surface area contributed by atoms with E-state index in [4.69, 9.17) is 0 Å². The van der Waals surface area contributed by atoms with E-state index in [2.05, 4.69) is 58.4 Å². The highest BCUT2D eigenvalue weighted by Gasteiger charge is 2.14. The van der Waals surface area contributed by atoms with E-state index in [1.165, 1.54) is 50.5 Å². The van der Waals surface area contributed by atoms with E-state index in [9.17, 15) is 0 Å². The SMILES string of the molecule is BrC1=Cc2c(c3c(c4ccccc24)CCCC=3)=C1. The second-order valence-corrected chi connectivity index (χ2v) is 5.95. The summed E-state index contributed by atoms with van der Waals surface area (Å²) in [6.07, 6.45) is 10.6. The molecule has 0 aliphatic heterocycles. The third-order valence-corrected chi connectivity index (χ3v) is 4.45. The highest BCUT2D eigenvalue weighted by molar-refractivity contribution is 9.12. The Labute approximate surface area is 114 Å². The molecular formula is C17H13Br. The summed E-state index contributed by atoms with van der Waals surface area (Å²) in [4.78, 5) is 0. The Hall–Kier alpha value is -1.34. The molecule has 2 aliphatic carbocycles. The monoisotopic (exact) mass is 296 g/mol. The maximum Gasteiger partial charge on any atom is 0.0188 e. The van der Waals surface area contributed by atoms with Gasteiger partial charge >= 0.3 is 0 Å². The minimum atomic E-state index is 1.19. The molecule has 0 saturated heterocycles. The number of allylic oxidation sites excluding steroid dienone is 1. The van der Waals surface area contributed by atoms with Gasteiger partial charge in [0, 0.05) is 4.48 Å². The zero-order chi connectivity index (χ0) is 12.1. The summed E-state index contributed by atoms with van der Waals surface area (Å²) in [6.45, 7) is 0. The zero-order valence-electron chi connectivity index (χ0n) is 10.0. The Morgan fingerprint density at radius 3 is 2.67 bits per heavy atom. The summed E-state index contributed by atoms with van der Waals surface area (Å²) in [5.41, 5.74) is 2.93. The number of benzene rings is 2. The van der Waals surface area contributed by atoms with Gasteiger partial charge in [-0.1, -0.05) is 46.3 Å². The minimum Gasteiger partial charge on any atom is -0.0763 e. The molecular weight excluding hydrogens is 284 g/mol. The minimum absolute atomic E-state index is 1.19. The first kappa shape index (κ1) is 10.6. The fourth-order valence-corrected chi connectivity index (χ4v) is 3.69. The van der Waals surface area contributed by atoms with E-state index in [1.54, 1.807) is 5.56 Å². The van der Waals surface area contributed by atoms with Gasteiger partial charge in [0.25, 0.3) is 0 Å². The molecule has 0 saturated carbocycles. The molecule has 2 aromatic carbocycles. The van der Waals surface area contributed by atoms with Gasteiger partial charge in [-0.25, -0.2) is 0 Å². The summed E-state index contributed by atoms with van der Waals surface area (Å²) in [5.74, 6) is 0. The van der Waals surface area contributed by atoms with E-state index < -0.39 is 0 Å². The molecule has 0 amide bonds. The van der Waals surface area contributed by atoms with E-state index in [1.807, 2.05) is 0 Å². The van der Waals surface area contributed by atoms with Crippen LogP contribution in [-0.2, 0) is 6.42 Å². The van der Waals surface area contributed by atoms with E-state index in [0.29, 0.717) is 0 Å². The predicted molar refractivity (Wildman–Crippen MR) is 82.0 cm³/mol. The number of rotatable bonds is 0. The molecule has 0 heterocycles. The Kier molecular flexibility index (Phi) is 2.25. The lowest BCUT2D eigenvalue weighted by atomic mass is 9.90. The average Bonchev–Trinajstić information content (AvgIpc) is 2.81. The number of hydrogen-bond donors (Lipinski definition) is 0. The Balaban J connectivity index is 2.32. The van der Waals surface area contributed by atoms with Crippen molar-refractivity contribution in [3.63, 3.8) is 0 Å². The van der Waals surface area contributed by atoms with Crippen molar-refractivity contribution in [2.45, 2.75) is 19.3 Å². The zero-order valence-corrected chi connectivity index (χ0v) is 11.6. The van der Waals surface area contributed by atoms with Crippen LogP contribution in [0, 0.1) is 0 Å². The van der Waals surface area contributed by atoms with Crippen molar-refractivity contribution in [3.05, 3.63) is 50.3 Å². The quantitative estimate of drug-likeness (QED) is 0.698. The predicted octanol–water partition coefficient (Wildman–Crippen LogP) is 3.49. The molecule has 0 radical (unpaired) electrons. The van der Waals surface area contributed by atoms with Crippen LogP contribution in [0.3, 0.4) is 0 Å². The van der Waals surface area contributed by atoms with Gasteiger partial charge in [0.1, 0.15) is 0 Å². The first-order valence-corrected chi connectivity index (χ1v) is 7.26. The summed E-state index contributed by atoms with van der Waals surface area (Å²) in [7, 11) is 0. The van der Waals surface area contributed by atoms with Gasteiger partial charge in [-0.15, -0.1) is 0 Å². The van der Waals surface area contributed by atoms with Crippen molar-refractivity contribution >= 4 is 44.9 Å². The first-order valence-electron chi connectivity index (χ1n) is 6.47. The molecule has 0 nitrogen and oxygen atoms in total. The van der Waals surface area contributed by atoms with Crippen LogP contribution in [-0.4, -0.2) is 0 Å². The number of aryl methyl sites for hydroxylation is 1.